The second kappa shape index (κ2) is 28.5. The minimum atomic E-state index is -0.195. The third kappa shape index (κ3) is 28.9. The number of carbonyl (C=O) groups excluding carboxylic acids is 1. The summed E-state index contributed by atoms with van der Waals surface area (Å²) < 4.78 is 5.94. The molecule has 0 N–H and O–H groups in total. The van der Waals surface area contributed by atoms with Gasteiger partial charge in [-0.05, 0) is 118 Å². The van der Waals surface area contributed by atoms with Gasteiger partial charge in [0.1, 0.15) is 6.10 Å². The van der Waals surface area contributed by atoms with Crippen molar-refractivity contribution >= 4 is 5.97 Å². The van der Waals surface area contributed by atoms with Crippen LogP contribution in [0.5, 0.6) is 0 Å². The van der Waals surface area contributed by atoms with Gasteiger partial charge in [-0.3, -0.25) is 4.79 Å². The first-order valence-corrected chi connectivity index (χ1v) is 16.6. The predicted octanol–water partition coefficient (Wildman–Crippen LogP) is 12.8. The van der Waals surface area contributed by atoms with Crippen molar-refractivity contribution in [1.82, 2.24) is 0 Å². The standard InChI is InChI=1S/C40H64O2/c1-8-9-10-11-12-13-14-15-16-17-18-19-20-21-22-23-24-31-40(41)42-39(34-38(7)30-26-28-36(4)5)33-32-37(6)29-25-27-35(2)3/h12-13,15-16,18-19,21-22,27-28,32,34,39H,8-11,14,17,20,23-26,29-31,33H2,1-7H3/b13-12-,16-15-,19-18-,22-21-,37-32+,38-34+. The van der Waals surface area contributed by atoms with Crippen LogP contribution >= 0.6 is 0 Å². The van der Waals surface area contributed by atoms with Gasteiger partial charge in [0.2, 0.25) is 0 Å². The highest BCUT2D eigenvalue weighted by Gasteiger charge is 2.11. The molecule has 2 nitrogen and oxygen atoms in total. The molecule has 0 aliphatic carbocycles. The van der Waals surface area contributed by atoms with Crippen molar-refractivity contribution in [3.05, 3.63) is 95.2 Å². The van der Waals surface area contributed by atoms with Crippen molar-refractivity contribution in [2.24, 2.45) is 0 Å². The second-order valence-corrected chi connectivity index (χ2v) is 11.9. The molecule has 0 aliphatic heterocycles. The molecule has 1 atom stereocenters. The zero-order chi connectivity index (χ0) is 31.3. The number of unbranched alkanes of at least 4 members (excludes halogenated alkanes) is 4. The first-order chi connectivity index (χ1) is 20.2. The maximum absolute atomic E-state index is 12.7. The van der Waals surface area contributed by atoms with Gasteiger partial charge in [0, 0.05) is 12.8 Å². The van der Waals surface area contributed by atoms with Crippen LogP contribution < -0.4 is 0 Å². The zero-order valence-corrected chi connectivity index (χ0v) is 28.4. The number of carbonyl (C=O) groups is 1. The number of hydrogen-bond donors (Lipinski definition) is 0. The molecule has 0 aromatic carbocycles. The van der Waals surface area contributed by atoms with Gasteiger partial charge in [-0.2, -0.15) is 0 Å². The van der Waals surface area contributed by atoms with Gasteiger partial charge in [0.25, 0.3) is 0 Å². The van der Waals surface area contributed by atoms with Gasteiger partial charge in [-0.1, -0.05) is 109 Å². The topological polar surface area (TPSA) is 26.3 Å². The Balaban J connectivity index is 4.49. The summed E-state index contributed by atoms with van der Waals surface area (Å²) in [5, 5.41) is 0. The number of allylic oxidation sites excluding steroid dienone is 14. The summed E-state index contributed by atoms with van der Waals surface area (Å²) in [5.41, 5.74) is 5.33. The molecule has 236 valence electrons. The van der Waals surface area contributed by atoms with E-state index < -0.39 is 0 Å². The second-order valence-electron chi connectivity index (χ2n) is 11.9. The SMILES string of the molecule is CCCCC/C=C\C/C=C\C/C=C\C/C=C\CCCC(=O)OC(/C=C(\C)CCC=C(C)C)C/C=C(\C)CCC=C(C)C. The average Bonchev–Trinajstić information content (AvgIpc) is 2.93. The van der Waals surface area contributed by atoms with Crippen LogP contribution in [0.15, 0.2) is 95.2 Å². The maximum Gasteiger partial charge on any atom is 0.306 e. The molecular formula is C40H64O2. The molecule has 42 heavy (non-hydrogen) atoms. The number of ether oxygens (including phenoxy) is 1. The van der Waals surface area contributed by atoms with Gasteiger partial charge in [0.05, 0.1) is 0 Å². The Kier molecular flexibility index (Phi) is 26.7. The van der Waals surface area contributed by atoms with Crippen molar-refractivity contribution in [2.45, 2.75) is 151 Å². The maximum atomic E-state index is 12.7. The van der Waals surface area contributed by atoms with Crippen molar-refractivity contribution in [1.29, 1.82) is 0 Å². The van der Waals surface area contributed by atoms with Crippen molar-refractivity contribution in [3.63, 3.8) is 0 Å². The Hall–Kier alpha value is -2.61. The minimum Gasteiger partial charge on any atom is -0.458 e. The molecule has 0 radical (unpaired) electrons. The molecule has 0 aromatic rings. The van der Waals surface area contributed by atoms with Crippen molar-refractivity contribution in [3.8, 4) is 0 Å². The summed E-state index contributed by atoms with van der Waals surface area (Å²) >= 11 is 0. The Morgan fingerprint density at radius 3 is 1.60 bits per heavy atom. The Morgan fingerprint density at radius 1 is 0.571 bits per heavy atom. The lowest BCUT2D eigenvalue weighted by atomic mass is 10.0. The Labute approximate surface area is 261 Å². The highest BCUT2D eigenvalue weighted by atomic mass is 16.5. The first kappa shape index (κ1) is 39.4. The third-order valence-electron chi connectivity index (χ3n) is 6.84. The van der Waals surface area contributed by atoms with Crippen LogP contribution in [0, 0.1) is 0 Å². The lowest BCUT2D eigenvalue weighted by Gasteiger charge is -2.15. The molecule has 0 spiro atoms. The van der Waals surface area contributed by atoms with Crippen LogP contribution in [0.4, 0.5) is 0 Å². The van der Waals surface area contributed by atoms with E-state index in [1.54, 1.807) is 0 Å². The number of hydrogen-bond acceptors (Lipinski definition) is 2. The molecule has 0 aromatic heterocycles. The van der Waals surface area contributed by atoms with Crippen LogP contribution in [0.3, 0.4) is 0 Å². The predicted molar refractivity (Wildman–Crippen MR) is 188 cm³/mol. The molecule has 0 bridgehead atoms. The van der Waals surface area contributed by atoms with E-state index in [0.29, 0.717) is 6.42 Å². The molecule has 0 saturated carbocycles. The summed E-state index contributed by atoms with van der Waals surface area (Å²) in [6, 6.07) is 0. The van der Waals surface area contributed by atoms with Crippen LogP contribution in [0.2, 0.25) is 0 Å². The first-order valence-electron chi connectivity index (χ1n) is 16.6. The highest BCUT2D eigenvalue weighted by Crippen LogP contribution is 2.16. The van der Waals surface area contributed by atoms with E-state index in [0.717, 1.165) is 64.2 Å². The van der Waals surface area contributed by atoms with E-state index in [1.807, 2.05) is 0 Å². The van der Waals surface area contributed by atoms with Gasteiger partial charge < -0.3 is 4.74 Å². The molecule has 0 saturated heterocycles. The molecular weight excluding hydrogens is 512 g/mol. The van der Waals surface area contributed by atoms with Gasteiger partial charge in [-0.15, -0.1) is 0 Å². The van der Waals surface area contributed by atoms with Crippen molar-refractivity contribution in [2.75, 3.05) is 0 Å². The van der Waals surface area contributed by atoms with Crippen molar-refractivity contribution < 1.29 is 9.53 Å². The fourth-order valence-electron chi connectivity index (χ4n) is 4.30. The fourth-order valence-corrected chi connectivity index (χ4v) is 4.30. The average molecular weight is 577 g/mol. The van der Waals surface area contributed by atoms with Crippen LogP contribution in [-0.4, -0.2) is 12.1 Å². The lowest BCUT2D eigenvalue weighted by molar-refractivity contribution is -0.146. The molecule has 0 amide bonds. The van der Waals surface area contributed by atoms with Gasteiger partial charge in [-0.25, -0.2) is 0 Å². The van der Waals surface area contributed by atoms with Crippen LogP contribution in [0.1, 0.15) is 145 Å². The molecule has 0 heterocycles. The molecule has 2 heteroatoms. The summed E-state index contributed by atoms with van der Waals surface area (Å²) in [4.78, 5) is 12.7. The molecule has 0 rings (SSSR count). The van der Waals surface area contributed by atoms with Crippen LogP contribution in [-0.2, 0) is 9.53 Å². The van der Waals surface area contributed by atoms with Gasteiger partial charge in [0.15, 0.2) is 0 Å². The van der Waals surface area contributed by atoms with E-state index >= 15 is 0 Å². The largest absolute Gasteiger partial charge is 0.458 e. The molecule has 1 unspecified atom stereocenters. The smallest absolute Gasteiger partial charge is 0.306 e. The van der Waals surface area contributed by atoms with E-state index in [9.17, 15) is 4.79 Å². The van der Waals surface area contributed by atoms with E-state index in [2.05, 4.69) is 121 Å². The third-order valence-corrected chi connectivity index (χ3v) is 6.84. The Bertz CT molecular complexity index is 925. The van der Waals surface area contributed by atoms with E-state index in [-0.39, 0.29) is 12.1 Å². The quantitative estimate of drug-likeness (QED) is 0.0649. The van der Waals surface area contributed by atoms with E-state index in [4.69, 9.17) is 4.74 Å². The number of rotatable bonds is 24. The molecule has 0 aliphatic rings. The Morgan fingerprint density at radius 2 is 1.07 bits per heavy atom. The zero-order valence-electron chi connectivity index (χ0n) is 28.4. The summed E-state index contributed by atoms with van der Waals surface area (Å²) in [6.07, 6.45) is 41.7. The fraction of sp³-hybridized carbons (Fsp3) is 0.575. The highest BCUT2D eigenvalue weighted by molar-refractivity contribution is 5.69. The minimum absolute atomic E-state index is 0.0974. The molecule has 0 fully saturated rings. The summed E-state index contributed by atoms with van der Waals surface area (Å²) in [6.45, 7) is 15.1. The lowest BCUT2D eigenvalue weighted by Crippen LogP contribution is -2.16. The summed E-state index contributed by atoms with van der Waals surface area (Å²) in [7, 11) is 0. The number of esters is 1. The van der Waals surface area contributed by atoms with Gasteiger partial charge >= 0.3 is 5.97 Å². The summed E-state index contributed by atoms with van der Waals surface area (Å²) in [5.74, 6) is -0.0974. The normalized spacial score (nSPS) is 13.5. The van der Waals surface area contributed by atoms with E-state index in [1.165, 1.54) is 48.0 Å². The van der Waals surface area contributed by atoms with Crippen LogP contribution in [0.25, 0.3) is 0 Å². The monoisotopic (exact) mass is 576 g/mol.